The first kappa shape index (κ1) is 24.7. The second-order valence-corrected chi connectivity index (χ2v) is 9.06. The quantitative estimate of drug-likeness (QED) is 0.662. The van der Waals surface area contributed by atoms with Crippen molar-refractivity contribution in [1.29, 1.82) is 0 Å². The maximum absolute atomic E-state index is 13.0. The highest BCUT2D eigenvalue weighted by Gasteiger charge is 2.45. The summed E-state index contributed by atoms with van der Waals surface area (Å²) in [5.41, 5.74) is 0.648. The van der Waals surface area contributed by atoms with Gasteiger partial charge in [-0.15, -0.1) is 13.2 Å². The Morgan fingerprint density at radius 3 is 2.74 bits per heavy atom. The molecule has 0 aliphatic carbocycles. The third kappa shape index (κ3) is 6.00. The summed E-state index contributed by atoms with van der Waals surface area (Å²) < 4.78 is 47.1. The average molecular weight is 485 g/mol. The summed E-state index contributed by atoms with van der Waals surface area (Å²) in [6, 6.07) is 5.47. The van der Waals surface area contributed by atoms with E-state index in [0.29, 0.717) is 64.3 Å². The van der Waals surface area contributed by atoms with Crippen LogP contribution in [0.2, 0.25) is 0 Å². The van der Waals surface area contributed by atoms with Crippen LogP contribution in [0.4, 0.5) is 13.2 Å². The summed E-state index contributed by atoms with van der Waals surface area (Å²) >= 11 is 0. The predicted molar refractivity (Wildman–Crippen MR) is 117 cm³/mol. The lowest BCUT2D eigenvalue weighted by Gasteiger charge is -2.33. The molecular formula is C23H31F3N4O4. The molecule has 3 heterocycles. The highest BCUT2D eigenvalue weighted by Crippen LogP contribution is 2.30. The molecule has 1 aromatic carbocycles. The van der Waals surface area contributed by atoms with Gasteiger partial charge in [0, 0.05) is 51.2 Å². The maximum atomic E-state index is 13.0. The zero-order chi connectivity index (χ0) is 24.3. The number of nitrogens with zero attached hydrogens (tertiary/aromatic N) is 3. The Hall–Kier alpha value is -2.37. The van der Waals surface area contributed by atoms with E-state index >= 15 is 0 Å². The number of nitrogens with one attached hydrogen (secondary N) is 1. The molecule has 0 aromatic heterocycles. The van der Waals surface area contributed by atoms with Gasteiger partial charge in [-0.25, -0.2) is 0 Å². The molecule has 34 heavy (non-hydrogen) atoms. The van der Waals surface area contributed by atoms with Crippen molar-refractivity contribution in [2.45, 2.75) is 50.3 Å². The molecule has 3 aliphatic heterocycles. The highest BCUT2D eigenvalue weighted by atomic mass is 19.4. The largest absolute Gasteiger partial charge is 0.573 e. The SMILES string of the molecule is CN1[C@@H](CCC(=O)N2CCOCC2)CNC(=O)[C@@H]2[C@H]1CCN2Cc1cccc(OC(F)(F)F)c1. The number of fused-ring (bicyclic) bond motifs is 1. The lowest BCUT2D eigenvalue weighted by atomic mass is 10.0. The molecular weight excluding hydrogens is 453 g/mol. The number of likely N-dealkylation sites (tertiary alicyclic amines) is 1. The molecule has 11 heteroatoms. The van der Waals surface area contributed by atoms with Crippen LogP contribution < -0.4 is 10.1 Å². The second-order valence-electron chi connectivity index (χ2n) is 9.06. The van der Waals surface area contributed by atoms with Gasteiger partial charge in [-0.3, -0.25) is 19.4 Å². The van der Waals surface area contributed by atoms with Gasteiger partial charge in [-0.2, -0.15) is 0 Å². The van der Waals surface area contributed by atoms with Gasteiger partial charge in [0.2, 0.25) is 11.8 Å². The summed E-state index contributed by atoms with van der Waals surface area (Å²) in [6.07, 6.45) is -2.92. The first-order valence-electron chi connectivity index (χ1n) is 11.6. The molecule has 0 radical (unpaired) electrons. The van der Waals surface area contributed by atoms with Crippen molar-refractivity contribution in [3.8, 4) is 5.75 Å². The molecule has 1 aromatic rings. The van der Waals surface area contributed by atoms with Crippen molar-refractivity contribution >= 4 is 11.8 Å². The van der Waals surface area contributed by atoms with E-state index in [-0.39, 0.29) is 29.6 Å². The number of benzene rings is 1. The van der Waals surface area contributed by atoms with Gasteiger partial charge in [0.05, 0.1) is 13.2 Å². The molecule has 188 valence electrons. The number of rotatable bonds is 6. The zero-order valence-corrected chi connectivity index (χ0v) is 19.2. The van der Waals surface area contributed by atoms with Crippen molar-refractivity contribution in [3.05, 3.63) is 29.8 Å². The van der Waals surface area contributed by atoms with Gasteiger partial charge >= 0.3 is 6.36 Å². The van der Waals surface area contributed by atoms with Crippen LogP contribution in [-0.4, -0.2) is 97.4 Å². The Kier molecular flexibility index (Phi) is 7.63. The minimum Gasteiger partial charge on any atom is -0.406 e. The molecule has 2 amide bonds. The monoisotopic (exact) mass is 484 g/mol. The van der Waals surface area contributed by atoms with Crippen LogP contribution in [0.25, 0.3) is 0 Å². The van der Waals surface area contributed by atoms with Crippen LogP contribution in [-0.2, 0) is 20.9 Å². The number of hydrogen-bond donors (Lipinski definition) is 1. The molecule has 3 saturated heterocycles. The molecule has 3 atom stereocenters. The second kappa shape index (κ2) is 10.5. The van der Waals surface area contributed by atoms with E-state index in [1.54, 1.807) is 6.07 Å². The fourth-order valence-corrected chi connectivity index (χ4v) is 5.16. The average Bonchev–Trinajstić information content (AvgIpc) is 3.16. The normalized spacial score (nSPS) is 26.6. The highest BCUT2D eigenvalue weighted by molar-refractivity contribution is 5.83. The number of carbonyl (C=O) groups excluding carboxylic acids is 2. The Morgan fingerprint density at radius 1 is 1.24 bits per heavy atom. The first-order chi connectivity index (χ1) is 16.2. The lowest BCUT2D eigenvalue weighted by Crippen LogP contribution is -2.49. The van der Waals surface area contributed by atoms with Crippen LogP contribution in [0.15, 0.2) is 24.3 Å². The first-order valence-corrected chi connectivity index (χ1v) is 11.6. The number of amides is 2. The van der Waals surface area contributed by atoms with Crippen molar-refractivity contribution in [1.82, 2.24) is 20.0 Å². The van der Waals surface area contributed by atoms with Crippen LogP contribution in [0.3, 0.4) is 0 Å². The molecule has 0 unspecified atom stereocenters. The van der Waals surface area contributed by atoms with Crippen molar-refractivity contribution < 1.29 is 32.2 Å². The minimum absolute atomic E-state index is 0.0272. The number of ether oxygens (including phenoxy) is 2. The number of alkyl halides is 3. The van der Waals surface area contributed by atoms with Gasteiger partial charge in [0.15, 0.2) is 0 Å². The van der Waals surface area contributed by atoms with E-state index in [9.17, 15) is 22.8 Å². The number of likely N-dealkylation sites (N-methyl/N-ethyl adjacent to an activating group) is 1. The lowest BCUT2D eigenvalue weighted by molar-refractivity contribution is -0.274. The fourth-order valence-electron chi connectivity index (χ4n) is 5.16. The maximum Gasteiger partial charge on any atom is 0.573 e. The Balaban J connectivity index is 1.38. The summed E-state index contributed by atoms with van der Waals surface area (Å²) in [4.78, 5) is 31.6. The summed E-state index contributed by atoms with van der Waals surface area (Å²) in [7, 11) is 1.99. The fraction of sp³-hybridized carbons (Fsp3) is 0.652. The summed E-state index contributed by atoms with van der Waals surface area (Å²) in [6.45, 7) is 3.82. The third-order valence-corrected chi connectivity index (χ3v) is 6.92. The van der Waals surface area contributed by atoms with Gasteiger partial charge in [0.1, 0.15) is 11.8 Å². The summed E-state index contributed by atoms with van der Waals surface area (Å²) in [5, 5.41) is 3.02. The van der Waals surface area contributed by atoms with Crippen LogP contribution in [0, 0.1) is 0 Å². The van der Waals surface area contributed by atoms with Gasteiger partial charge in [-0.1, -0.05) is 12.1 Å². The van der Waals surface area contributed by atoms with Gasteiger partial charge < -0.3 is 19.7 Å². The number of halogens is 3. The van der Waals surface area contributed by atoms with E-state index < -0.39 is 12.4 Å². The van der Waals surface area contributed by atoms with E-state index in [2.05, 4.69) is 15.0 Å². The van der Waals surface area contributed by atoms with E-state index in [1.807, 2.05) is 16.8 Å². The molecule has 0 spiro atoms. The van der Waals surface area contributed by atoms with Gasteiger partial charge in [-0.05, 0) is 37.6 Å². The summed E-state index contributed by atoms with van der Waals surface area (Å²) in [5.74, 6) is -0.245. The molecule has 0 saturated carbocycles. The van der Waals surface area contributed by atoms with Crippen molar-refractivity contribution in [2.24, 2.45) is 0 Å². The number of hydrogen-bond acceptors (Lipinski definition) is 6. The Labute approximate surface area is 196 Å². The van der Waals surface area contributed by atoms with E-state index in [4.69, 9.17) is 4.74 Å². The number of morpholine rings is 1. The molecule has 8 nitrogen and oxygen atoms in total. The molecule has 4 rings (SSSR count). The third-order valence-electron chi connectivity index (χ3n) is 6.92. The minimum atomic E-state index is -4.75. The smallest absolute Gasteiger partial charge is 0.406 e. The van der Waals surface area contributed by atoms with Crippen LogP contribution in [0.5, 0.6) is 5.75 Å². The van der Waals surface area contributed by atoms with Crippen molar-refractivity contribution in [3.63, 3.8) is 0 Å². The topological polar surface area (TPSA) is 74.4 Å². The predicted octanol–water partition coefficient (Wildman–Crippen LogP) is 1.60. The number of carbonyl (C=O) groups is 2. The van der Waals surface area contributed by atoms with Crippen LogP contribution in [0.1, 0.15) is 24.8 Å². The molecule has 1 N–H and O–H groups in total. The molecule has 0 bridgehead atoms. The van der Waals surface area contributed by atoms with E-state index in [1.165, 1.54) is 18.2 Å². The van der Waals surface area contributed by atoms with Crippen molar-refractivity contribution in [2.75, 3.05) is 46.4 Å². The Bertz CT molecular complexity index is 878. The zero-order valence-electron chi connectivity index (χ0n) is 19.2. The molecule has 3 aliphatic rings. The molecule has 3 fully saturated rings. The van der Waals surface area contributed by atoms with E-state index in [0.717, 1.165) is 6.42 Å². The van der Waals surface area contributed by atoms with Gasteiger partial charge in [0.25, 0.3) is 0 Å². The standard InChI is InChI=1S/C23H31F3N4O4/c1-28-17(5-6-20(31)29-9-11-33-12-10-29)14-27-22(32)21-19(28)7-8-30(21)15-16-3-2-4-18(13-16)34-23(24,25)26/h2-4,13,17,19,21H,5-12,14-15H2,1H3,(H,27,32)/t17-,19+,21-/m0/s1. The Morgan fingerprint density at radius 2 is 2.00 bits per heavy atom. The van der Waals surface area contributed by atoms with Crippen LogP contribution >= 0.6 is 0 Å².